The number of aromatic nitrogens is 2. The summed E-state index contributed by atoms with van der Waals surface area (Å²) >= 11 is 3.23. The molecule has 0 saturated heterocycles. The summed E-state index contributed by atoms with van der Waals surface area (Å²) in [4.78, 5) is 17.7. The molecule has 0 amide bonds. The van der Waals surface area contributed by atoms with Gasteiger partial charge in [-0.2, -0.15) is 0 Å². The van der Waals surface area contributed by atoms with E-state index in [1.54, 1.807) is 35.8 Å². The zero-order valence-electron chi connectivity index (χ0n) is 16.3. The predicted octanol–water partition coefficient (Wildman–Crippen LogP) is 5.71. The highest BCUT2D eigenvalue weighted by Gasteiger charge is 2.20. The highest BCUT2D eigenvalue weighted by Crippen LogP contribution is 2.33. The number of carboxylic acid groups (broad SMARTS) is 1. The van der Waals surface area contributed by atoms with Gasteiger partial charge in [0.1, 0.15) is 10.8 Å². The molecule has 0 fully saturated rings. The van der Waals surface area contributed by atoms with E-state index in [0.29, 0.717) is 12.1 Å². The molecule has 7 heteroatoms. The predicted molar refractivity (Wildman–Crippen MR) is 117 cm³/mol. The molecule has 4 aromatic rings. The minimum Gasteiger partial charge on any atom is -0.497 e. The Kier molecular flexibility index (Phi) is 5.25. The Morgan fingerprint density at radius 1 is 1.17 bits per heavy atom. The lowest BCUT2D eigenvalue weighted by molar-refractivity contribution is 0.0696. The number of carboxylic acids is 1. The number of carbonyl (C=O) groups is 1. The number of thiophene rings is 1. The number of aryl methyl sites for hydroxylation is 1. The summed E-state index contributed by atoms with van der Waals surface area (Å²) in [5, 5.41) is 14.6. The second kappa shape index (κ2) is 7.85. The molecule has 0 aliphatic heterocycles. The van der Waals surface area contributed by atoms with Gasteiger partial charge < -0.3 is 14.4 Å². The maximum Gasteiger partial charge on any atom is 0.337 e. The molecule has 0 saturated carbocycles. The van der Waals surface area contributed by atoms with Crippen molar-refractivity contribution in [2.24, 2.45) is 0 Å². The number of thiazole rings is 1. The van der Waals surface area contributed by atoms with Gasteiger partial charge in [0.05, 0.1) is 30.6 Å². The minimum absolute atomic E-state index is 0.313. The van der Waals surface area contributed by atoms with E-state index in [4.69, 9.17) is 9.72 Å². The van der Waals surface area contributed by atoms with Crippen molar-refractivity contribution in [3.63, 3.8) is 0 Å². The second-order valence-corrected chi connectivity index (χ2v) is 8.57. The van der Waals surface area contributed by atoms with Crippen molar-refractivity contribution in [3.8, 4) is 27.7 Å². The van der Waals surface area contributed by atoms with Gasteiger partial charge in [-0.3, -0.25) is 0 Å². The van der Waals surface area contributed by atoms with Gasteiger partial charge >= 0.3 is 5.97 Å². The van der Waals surface area contributed by atoms with E-state index in [1.165, 1.54) is 10.4 Å². The average molecular weight is 425 g/mol. The first-order chi connectivity index (χ1) is 14.0. The van der Waals surface area contributed by atoms with Gasteiger partial charge in [0.2, 0.25) is 0 Å². The average Bonchev–Trinajstić information content (AvgIpc) is 3.43. The molecule has 1 N–H and O–H groups in total. The molecule has 0 atom stereocenters. The standard InChI is InChI=1S/C22H20N2O3S2/c1-13-8-9-28-20(13)11-24-14(2)17(22(25)26)10-19(24)18-12-29-21(23-18)15-4-6-16(27-3)7-5-15/h4-10,12H,11H2,1-3H3,(H,25,26). The maximum atomic E-state index is 11.7. The molecule has 0 spiro atoms. The molecule has 5 nitrogen and oxygen atoms in total. The van der Waals surface area contributed by atoms with Crippen LogP contribution in [0.5, 0.6) is 5.75 Å². The molecule has 0 unspecified atom stereocenters. The lowest BCUT2D eigenvalue weighted by Crippen LogP contribution is -2.05. The SMILES string of the molecule is COc1ccc(-c2nc(-c3cc(C(=O)O)c(C)n3Cc3sccc3C)cs2)cc1. The van der Waals surface area contributed by atoms with Crippen LogP contribution in [0.25, 0.3) is 22.0 Å². The molecule has 0 bridgehead atoms. The number of nitrogens with zero attached hydrogens (tertiary/aromatic N) is 2. The molecular weight excluding hydrogens is 404 g/mol. The van der Waals surface area contributed by atoms with E-state index in [0.717, 1.165) is 33.4 Å². The van der Waals surface area contributed by atoms with Gasteiger partial charge in [0.25, 0.3) is 0 Å². The third-order valence-corrected chi connectivity index (χ3v) is 6.87. The van der Waals surface area contributed by atoms with Crippen molar-refractivity contribution in [1.29, 1.82) is 0 Å². The van der Waals surface area contributed by atoms with Crippen molar-refractivity contribution in [3.05, 3.63) is 68.9 Å². The minimum atomic E-state index is -0.920. The van der Waals surface area contributed by atoms with Crippen molar-refractivity contribution in [1.82, 2.24) is 9.55 Å². The zero-order valence-corrected chi connectivity index (χ0v) is 17.9. The second-order valence-electron chi connectivity index (χ2n) is 6.71. The van der Waals surface area contributed by atoms with Gasteiger partial charge in [0, 0.05) is 21.5 Å². The molecule has 1 aromatic carbocycles. The van der Waals surface area contributed by atoms with Gasteiger partial charge in [-0.1, -0.05) is 0 Å². The Balaban J connectivity index is 1.76. The molecular formula is C22H20N2O3S2. The smallest absolute Gasteiger partial charge is 0.337 e. The number of aromatic carboxylic acids is 1. The summed E-state index contributed by atoms with van der Waals surface area (Å²) in [6, 6.07) is 11.6. The molecule has 148 valence electrons. The van der Waals surface area contributed by atoms with Crippen LogP contribution >= 0.6 is 22.7 Å². The first kappa shape index (κ1) is 19.4. The summed E-state index contributed by atoms with van der Waals surface area (Å²) < 4.78 is 7.27. The van der Waals surface area contributed by atoms with E-state index in [1.807, 2.05) is 36.6 Å². The third-order valence-electron chi connectivity index (χ3n) is 4.97. The summed E-state index contributed by atoms with van der Waals surface area (Å²) in [6.45, 7) is 4.56. The fourth-order valence-electron chi connectivity index (χ4n) is 3.24. The Labute approximate surface area is 176 Å². The third kappa shape index (κ3) is 3.71. The van der Waals surface area contributed by atoms with Crippen LogP contribution in [0.2, 0.25) is 0 Å². The zero-order chi connectivity index (χ0) is 20.5. The van der Waals surface area contributed by atoms with Gasteiger partial charge in [-0.05, 0) is 61.2 Å². The van der Waals surface area contributed by atoms with Crippen LogP contribution < -0.4 is 4.74 Å². The van der Waals surface area contributed by atoms with Crippen molar-refractivity contribution < 1.29 is 14.6 Å². The maximum absolute atomic E-state index is 11.7. The number of rotatable bonds is 6. The molecule has 3 aromatic heterocycles. The number of methoxy groups -OCH3 is 1. The van der Waals surface area contributed by atoms with Crippen molar-refractivity contribution in [2.75, 3.05) is 7.11 Å². The van der Waals surface area contributed by atoms with E-state index >= 15 is 0 Å². The molecule has 29 heavy (non-hydrogen) atoms. The quantitative estimate of drug-likeness (QED) is 0.430. The molecule has 4 rings (SSSR count). The van der Waals surface area contributed by atoms with E-state index in [-0.39, 0.29) is 0 Å². The fourth-order valence-corrected chi connectivity index (χ4v) is 4.96. The topological polar surface area (TPSA) is 64.3 Å². The highest BCUT2D eigenvalue weighted by atomic mass is 32.1. The Morgan fingerprint density at radius 2 is 1.93 bits per heavy atom. The van der Waals surface area contributed by atoms with Gasteiger partial charge in [0.15, 0.2) is 0 Å². The molecule has 0 radical (unpaired) electrons. The van der Waals surface area contributed by atoms with Crippen LogP contribution in [0.4, 0.5) is 0 Å². The molecule has 0 aliphatic rings. The first-order valence-electron chi connectivity index (χ1n) is 9.04. The highest BCUT2D eigenvalue weighted by molar-refractivity contribution is 7.13. The van der Waals surface area contributed by atoms with Crippen LogP contribution in [0.1, 0.15) is 26.5 Å². The van der Waals surface area contributed by atoms with Crippen LogP contribution in [-0.4, -0.2) is 27.7 Å². The summed E-state index contributed by atoms with van der Waals surface area (Å²) in [5.74, 6) is -0.122. The van der Waals surface area contributed by atoms with Crippen molar-refractivity contribution >= 4 is 28.6 Å². The number of hydrogen-bond acceptors (Lipinski definition) is 5. The first-order valence-corrected chi connectivity index (χ1v) is 10.8. The lowest BCUT2D eigenvalue weighted by Gasteiger charge is -2.10. The summed E-state index contributed by atoms with van der Waals surface area (Å²) in [6.07, 6.45) is 0. The fraction of sp³-hybridized carbons (Fsp3) is 0.182. The summed E-state index contributed by atoms with van der Waals surface area (Å²) in [5.41, 5.74) is 4.87. The lowest BCUT2D eigenvalue weighted by atomic mass is 10.2. The van der Waals surface area contributed by atoms with Crippen LogP contribution in [0, 0.1) is 13.8 Å². The number of ether oxygens (including phenoxy) is 1. The number of benzene rings is 1. The summed E-state index contributed by atoms with van der Waals surface area (Å²) in [7, 11) is 1.64. The number of hydrogen-bond donors (Lipinski definition) is 1. The monoisotopic (exact) mass is 424 g/mol. The Bertz CT molecular complexity index is 1170. The van der Waals surface area contributed by atoms with E-state index in [2.05, 4.69) is 22.9 Å². The van der Waals surface area contributed by atoms with Crippen LogP contribution in [0.3, 0.4) is 0 Å². The van der Waals surface area contributed by atoms with E-state index < -0.39 is 5.97 Å². The molecule has 0 aliphatic carbocycles. The Morgan fingerprint density at radius 3 is 2.55 bits per heavy atom. The van der Waals surface area contributed by atoms with Crippen molar-refractivity contribution in [2.45, 2.75) is 20.4 Å². The van der Waals surface area contributed by atoms with Crippen LogP contribution in [0.15, 0.2) is 47.2 Å². The van der Waals surface area contributed by atoms with Gasteiger partial charge in [-0.15, -0.1) is 22.7 Å². The molecule has 3 heterocycles. The van der Waals surface area contributed by atoms with E-state index in [9.17, 15) is 9.90 Å². The normalized spacial score (nSPS) is 11.0. The Hall–Kier alpha value is -2.90. The van der Waals surface area contributed by atoms with Crippen LogP contribution in [-0.2, 0) is 6.54 Å². The van der Waals surface area contributed by atoms with Gasteiger partial charge in [-0.25, -0.2) is 9.78 Å². The largest absolute Gasteiger partial charge is 0.497 e.